The summed E-state index contributed by atoms with van der Waals surface area (Å²) in [7, 11) is 1.75. The number of methoxy groups -OCH3 is 1. The fourth-order valence-corrected chi connectivity index (χ4v) is 4.22. The molecule has 1 N–H and O–H groups in total. The molecule has 4 nitrogen and oxygen atoms in total. The number of likely N-dealkylation sites (tertiary alicyclic amines) is 1. The van der Waals surface area contributed by atoms with Crippen molar-refractivity contribution in [2.45, 2.75) is 69.2 Å². The molecule has 4 heteroatoms. The maximum Gasteiger partial charge on any atom is 0.320 e. The molecule has 0 aromatic heterocycles. The maximum absolute atomic E-state index is 11.5. The number of carboxylic acids is 1. The highest BCUT2D eigenvalue weighted by molar-refractivity contribution is 5.74. The molecule has 0 bridgehead atoms. The molecule has 18 heavy (non-hydrogen) atoms. The summed E-state index contributed by atoms with van der Waals surface area (Å²) in [5.41, 5.74) is 0. The first kappa shape index (κ1) is 12.4. The van der Waals surface area contributed by atoms with E-state index in [-0.39, 0.29) is 6.04 Å². The Morgan fingerprint density at radius 1 is 1.22 bits per heavy atom. The normalized spacial score (nSPS) is 44.4. The molecule has 3 fully saturated rings. The lowest BCUT2D eigenvalue weighted by Crippen LogP contribution is -2.55. The van der Waals surface area contributed by atoms with E-state index in [9.17, 15) is 9.90 Å². The van der Waals surface area contributed by atoms with Gasteiger partial charge in [-0.2, -0.15) is 0 Å². The number of rotatable bonds is 3. The van der Waals surface area contributed by atoms with Crippen molar-refractivity contribution >= 4 is 5.97 Å². The summed E-state index contributed by atoms with van der Waals surface area (Å²) in [5.74, 6) is 0.00621. The average molecular weight is 253 g/mol. The van der Waals surface area contributed by atoms with Gasteiger partial charge in [0, 0.05) is 19.2 Å². The Bertz CT molecular complexity index is 327. The minimum Gasteiger partial charge on any atom is -0.480 e. The van der Waals surface area contributed by atoms with Crippen LogP contribution in [0.25, 0.3) is 0 Å². The molecular weight excluding hydrogens is 230 g/mol. The summed E-state index contributed by atoms with van der Waals surface area (Å²) in [6, 6.07) is 0.743. The predicted octanol–water partition coefficient (Wildman–Crippen LogP) is 1.88. The van der Waals surface area contributed by atoms with E-state index in [2.05, 4.69) is 4.90 Å². The standard InChI is InChI=1S/C14H23NO3/c1-18-11-7-10(8-11)15-12-5-3-2-4-9(12)6-13(15)14(16)17/h9-13H,2-8H2,1H3,(H,16,17). The molecule has 3 atom stereocenters. The SMILES string of the molecule is COC1CC(N2C(C(=O)O)CC3CCCCC32)C1. The average Bonchev–Trinajstić information content (AvgIpc) is 2.68. The van der Waals surface area contributed by atoms with Gasteiger partial charge in [0.05, 0.1) is 6.10 Å². The van der Waals surface area contributed by atoms with Crippen LogP contribution in [0.5, 0.6) is 0 Å². The van der Waals surface area contributed by atoms with Crippen molar-refractivity contribution < 1.29 is 14.6 Å². The number of ether oxygens (including phenoxy) is 1. The van der Waals surface area contributed by atoms with Gasteiger partial charge < -0.3 is 9.84 Å². The van der Waals surface area contributed by atoms with Crippen LogP contribution in [0.1, 0.15) is 44.9 Å². The third-order valence-electron chi connectivity index (χ3n) is 5.25. The molecule has 2 saturated carbocycles. The molecule has 0 radical (unpaired) electrons. The van der Waals surface area contributed by atoms with E-state index in [1.807, 2.05) is 0 Å². The van der Waals surface area contributed by atoms with Gasteiger partial charge in [-0.3, -0.25) is 9.69 Å². The van der Waals surface area contributed by atoms with Gasteiger partial charge in [-0.15, -0.1) is 0 Å². The van der Waals surface area contributed by atoms with Crippen LogP contribution in [0.2, 0.25) is 0 Å². The number of nitrogens with zero attached hydrogens (tertiary/aromatic N) is 1. The third-order valence-corrected chi connectivity index (χ3v) is 5.25. The predicted molar refractivity (Wildman–Crippen MR) is 67.4 cm³/mol. The van der Waals surface area contributed by atoms with E-state index in [0.29, 0.717) is 24.1 Å². The molecular formula is C14H23NO3. The summed E-state index contributed by atoms with van der Waals surface area (Å²) in [6.07, 6.45) is 8.23. The van der Waals surface area contributed by atoms with Gasteiger partial charge >= 0.3 is 5.97 Å². The molecule has 3 rings (SSSR count). The fourth-order valence-electron chi connectivity index (χ4n) is 4.22. The number of carboxylic acid groups (broad SMARTS) is 1. The molecule has 2 aliphatic carbocycles. The third kappa shape index (κ3) is 1.95. The molecule has 102 valence electrons. The molecule has 1 aliphatic heterocycles. The van der Waals surface area contributed by atoms with Crippen LogP contribution in [0.4, 0.5) is 0 Å². The highest BCUT2D eigenvalue weighted by atomic mass is 16.5. The topological polar surface area (TPSA) is 49.8 Å². The largest absolute Gasteiger partial charge is 0.480 e. The number of carbonyl (C=O) groups is 1. The van der Waals surface area contributed by atoms with E-state index in [0.717, 1.165) is 19.3 Å². The van der Waals surface area contributed by atoms with Gasteiger partial charge in [-0.25, -0.2) is 0 Å². The van der Waals surface area contributed by atoms with Gasteiger partial charge in [0.15, 0.2) is 0 Å². The second kappa shape index (κ2) is 4.82. The van der Waals surface area contributed by atoms with Crippen LogP contribution >= 0.6 is 0 Å². The van der Waals surface area contributed by atoms with Gasteiger partial charge in [0.2, 0.25) is 0 Å². The first-order valence-electron chi connectivity index (χ1n) is 7.23. The van der Waals surface area contributed by atoms with Crippen molar-refractivity contribution in [1.29, 1.82) is 0 Å². The molecule has 1 heterocycles. The van der Waals surface area contributed by atoms with Gasteiger partial charge in [0.25, 0.3) is 0 Å². The Morgan fingerprint density at radius 3 is 2.61 bits per heavy atom. The zero-order chi connectivity index (χ0) is 12.7. The number of fused-ring (bicyclic) bond motifs is 1. The van der Waals surface area contributed by atoms with Crippen LogP contribution in [-0.4, -0.2) is 47.3 Å². The number of aliphatic carboxylic acids is 1. The summed E-state index contributed by atoms with van der Waals surface area (Å²) >= 11 is 0. The highest BCUT2D eigenvalue weighted by Gasteiger charge is 2.50. The second-order valence-electron chi connectivity index (χ2n) is 6.13. The highest BCUT2D eigenvalue weighted by Crippen LogP contribution is 2.44. The zero-order valence-corrected chi connectivity index (χ0v) is 11.0. The molecule has 0 aromatic rings. The summed E-state index contributed by atoms with van der Waals surface area (Å²) < 4.78 is 5.33. The van der Waals surface area contributed by atoms with Crippen molar-refractivity contribution in [3.8, 4) is 0 Å². The van der Waals surface area contributed by atoms with Crippen LogP contribution < -0.4 is 0 Å². The Balaban J connectivity index is 1.73. The van der Waals surface area contributed by atoms with Crippen LogP contribution in [-0.2, 0) is 9.53 Å². The van der Waals surface area contributed by atoms with Crippen molar-refractivity contribution in [2.75, 3.05) is 7.11 Å². The van der Waals surface area contributed by atoms with Crippen molar-refractivity contribution in [3.63, 3.8) is 0 Å². The fraction of sp³-hybridized carbons (Fsp3) is 0.929. The van der Waals surface area contributed by atoms with Gasteiger partial charge in [-0.1, -0.05) is 12.8 Å². The summed E-state index contributed by atoms with van der Waals surface area (Å²) in [4.78, 5) is 13.8. The van der Waals surface area contributed by atoms with Gasteiger partial charge in [-0.05, 0) is 38.0 Å². The first-order chi connectivity index (χ1) is 8.70. The molecule has 3 unspecified atom stereocenters. The van der Waals surface area contributed by atoms with Gasteiger partial charge in [0.1, 0.15) is 6.04 Å². The van der Waals surface area contributed by atoms with E-state index in [4.69, 9.17) is 4.74 Å². The maximum atomic E-state index is 11.5. The number of hydrogen-bond donors (Lipinski definition) is 1. The monoisotopic (exact) mass is 253 g/mol. The Hall–Kier alpha value is -0.610. The molecule has 3 aliphatic rings. The Kier molecular flexibility index (Phi) is 3.32. The first-order valence-corrected chi connectivity index (χ1v) is 7.23. The van der Waals surface area contributed by atoms with Crippen molar-refractivity contribution in [3.05, 3.63) is 0 Å². The molecule has 0 aromatic carbocycles. The minimum absolute atomic E-state index is 0.235. The number of hydrogen-bond acceptors (Lipinski definition) is 3. The lowest BCUT2D eigenvalue weighted by molar-refractivity contribution is -0.146. The smallest absolute Gasteiger partial charge is 0.320 e. The van der Waals surface area contributed by atoms with E-state index >= 15 is 0 Å². The summed E-state index contributed by atoms with van der Waals surface area (Å²) in [5, 5.41) is 9.45. The minimum atomic E-state index is -0.620. The summed E-state index contributed by atoms with van der Waals surface area (Å²) in [6.45, 7) is 0. The van der Waals surface area contributed by atoms with Crippen LogP contribution in [0.15, 0.2) is 0 Å². The molecule has 1 saturated heterocycles. The second-order valence-corrected chi connectivity index (χ2v) is 6.13. The molecule has 0 spiro atoms. The molecule has 0 amide bonds. The van der Waals surface area contributed by atoms with E-state index in [1.165, 1.54) is 25.7 Å². The van der Waals surface area contributed by atoms with Crippen LogP contribution in [0, 0.1) is 5.92 Å². The van der Waals surface area contributed by atoms with E-state index < -0.39 is 5.97 Å². The van der Waals surface area contributed by atoms with E-state index in [1.54, 1.807) is 7.11 Å². The van der Waals surface area contributed by atoms with Crippen molar-refractivity contribution in [2.24, 2.45) is 5.92 Å². The zero-order valence-electron chi connectivity index (χ0n) is 11.0. The lowest BCUT2D eigenvalue weighted by atomic mass is 9.82. The van der Waals surface area contributed by atoms with Crippen LogP contribution in [0.3, 0.4) is 0 Å². The quantitative estimate of drug-likeness (QED) is 0.834. The lowest BCUT2D eigenvalue weighted by Gasteiger charge is -2.46. The Labute approximate surface area is 108 Å². The Morgan fingerprint density at radius 2 is 1.94 bits per heavy atom. The van der Waals surface area contributed by atoms with Crippen molar-refractivity contribution in [1.82, 2.24) is 4.90 Å².